The van der Waals surface area contributed by atoms with Gasteiger partial charge in [0, 0.05) is 23.9 Å². The van der Waals surface area contributed by atoms with Crippen LogP contribution in [0.4, 0.5) is 5.82 Å². The summed E-state index contributed by atoms with van der Waals surface area (Å²) in [5.41, 5.74) is 9.31. The fraction of sp³-hybridized carbons (Fsp3) is 0.318. The van der Waals surface area contributed by atoms with Crippen molar-refractivity contribution in [2.45, 2.75) is 76.9 Å². The van der Waals surface area contributed by atoms with E-state index in [9.17, 15) is 9.59 Å². The van der Waals surface area contributed by atoms with Crippen LogP contribution in [0.3, 0.4) is 0 Å². The fourth-order valence-electron chi connectivity index (χ4n) is 6.33. The first-order valence-electron chi connectivity index (χ1n) is 18.7. The average molecular weight is 777 g/mol. The number of rotatable bonds is 17. The van der Waals surface area contributed by atoms with Crippen LogP contribution in [-0.4, -0.2) is 51.5 Å². The van der Waals surface area contributed by atoms with Crippen LogP contribution in [0.15, 0.2) is 145 Å². The first kappa shape index (κ1) is 43.7. The van der Waals surface area contributed by atoms with E-state index in [1.54, 1.807) is 12.3 Å². The molecule has 2 heterocycles. The summed E-state index contributed by atoms with van der Waals surface area (Å²) in [5, 5.41) is 11.4. The molecule has 1 aromatic heterocycles. The Balaban J connectivity index is 0.000000290. The molecule has 0 spiro atoms. The van der Waals surface area contributed by atoms with E-state index in [1.807, 2.05) is 54.6 Å². The second-order valence-electron chi connectivity index (χ2n) is 13.6. The molecule has 1 aliphatic rings. The number of aromatic nitrogens is 2. The van der Waals surface area contributed by atoms with Crippen LogP contribution in [0.1, 0.15) is 69.9 Å². The van der Waals surface area contributed by atoms with Gasteiger partial charge >= 0.3 is 5.69 Å². The molecule has 1 amide bonds. The standard InChI is InChI=1S/C25H36N5O5P.C19H17N/c1-7-10-20(8-2)24(31)27-22-13-15-29(25(32)28-22)23-12-11-21(35-23)17-34-36(33-16-9-14-26)30(18(3)4)19(5)6;20-19(16-10-4-1-5-11-16,17-12-6-2-7-13-17)18-14-8-3-9-15-18/h7-8,10,13,15,18-19,21,23H,1-2,9,11-12,16-17H2,3-6H3,(H,27,28,31,32);1-15H,20H2/b20-10+;/t21-,23+,36?;/m0./s1. The normalized spacial score (nSPS) is 16.2. The Kier molecular flexibility index (Phi) is 17.1. The van der Waals surface area contributed by atoms with Crippen LogP contribution < -0.4 is 16.7 Å². The van der Waals surface area contributed by atoms with Crippen molar-refractivity contribution < 1.29 is 18.6 Å². The molecule has 1 saturated heterocycles. The van der Waals surface area contributed by atoms with Gasteiger partial charge in [0.2, 0.25) is 0 Å². The summed E-state index contributed by atoms with van der Waals surface area (Å²) in [5.74, 6) is -0.298. The third-order valence-electron chi connectivity index (χ3n) is 8.97. The maximum Gasteiger partial charge on any atom is 0.351 e. The summed E-state index contributed by atoms with van der Waals surface area (Å²) < 4.78 is 21.7. The summed E-state index contributed by atoms with van der Waals surface area (Å²) in [7, 11) is -1.36. The number of nitrogens with one attached hydrogen (secondary N) is 1. The number of carbonyl (C=O) groups excluding carboxylic acids is 1. The molecular formula is C44H53N6O5P. The van der Waals surface area contributed by atoms with Gasteiger partial charge in [-0.05, 0) is 63.3 Å². The number of amides is 1. The quantitative estimate of drug-likeness (QED) is 0.0355. The number of allylic oxidation sites excluding steroid dienone is 2. The molecule has 1 unspecified atom stereocenters. The van der Waals surface area contributed by atoms with Gasteiger partial charge in [0.25, 0.3) is 14.4 Å². The molecule has 0 aliphatic carbocycles. The Morgan fingerprint density at radius 2 is 1.54 bits per heavy atom. The van der Waals surface area contributed by atoms with Gasteiger partial charge in [0.05, 0.1) is 37.3 Å². The summed E-state index contributed by atoms with van der Waals surface area (Å²) in [6, 6.07) is 34.8. The molecule has 1 aliphatic heterocycles. The Hall–Kier alpha value is -5.05. The van der Waals surface area contributed by atoms with E-state index in [0.717, 1.165) is 16.7 Å². The maximum atomic E-state index is 12.6. The third kappa shape index (κ3) is 11.7. The van der Waals surface area contributed by atoms with Crippen LogP contribution in [-0.2, 0) is 24.1 Å². The predicted molar refractivity (Wildman–Crippen MR) is 223 cm³/mol. The number of benzene rings is 3. The van der Waals surface area contributed by atoms with Crippen LogP contribution in [0.25, 0.3) is 0 Å². The van der Waals surface area contributed by atoms with Crippen molar-refractivity contribution in [2.75, 3.05) is 18.5 Å². The molecule has 0 radical (unpaired) electrons. The number of nitrogens with two attached hydrogens (primary N) is 1. The zero-order valence-corrected chi connectivity index (χ0v) is 33.6. The molecule has 0 bridgehead atoms. The molecule has 11 nitrogen and oxygen atoms in total. The lowest BCUT2D eigenvalue weighted by atomic mass is 9.78. The lowest BCUT2D eigenvalue weighted by Crippen LogP contribution is -2.39. The highest BCUT2D eigenvalue weighted by atomic mass is 31.2. The average Bonchev–Trinajstić information content (AvgIpc) is 3.68. The second kappa shape index (κ2) is 21.9. The largest absolute Gasteiger partial charge is 0.352 e. The molecule has 3 N–H and O–H groups in total. The van der Waals surface area contributed by atoms with E-state index in [1.165, 1.54) is 22.8 Å². The van der Waals surface area contributed by atoms with Crippen molar-refractivity contribution in [3.8, 4) is 6.07 Å². The zero-order chi connectivity index (χ0) is 40.5. The molecular weight excluding hydrogens is 723 g/mol. The van der Waals surface area contributed by atoms with Crippen molar-refractivity contribution in [1.82, 2.24) is 14.2 Å². The van der Waals surface area contributed by atoms with E-state index in [0.29, 0.717) is 38.0 Å². The highest BCUT2D eigenvalue weighted by Gasteiger charge is 2.33. The van der Waals surface area contributed by atoms with Crippen molar-refractivity contribution in [1.29, 1.82) is 5.26 Å². The van der Waals surface area contributed by atoms with Crippen LogP contribution in [0.2, 0.25) is 0 Å². The van der Waals surface area contributed by atoms with Crippen molar-refractivity contribution in [2.24, 2.45) is 5.73 Å². The Morgan fingerprint density at radius 1 is 0.982 bits per heavy atom. The van der Waals surface area contributed by atoms with Gasteiger partial charge in [-0.2, -0.15) is 10.2 Å². The summed E-state index contributed by atoms with van der Waals surface area (Å²) in [4.78, 5) is 28.8. The van der Waals surface area contributed by atoms with Gasteiger partial charge in [-0.25, -0.2) is 9.46 Å². The van der Waals surface area contributed by atoms with Gasteiger partial charge in [0.15, 0.2) is 0 Å². The molecule has 1 fully saturated rings. The van der Waals surface area contributed by atoms with E-state index < -0.39 is 31.9 Å². The minimum atomic E-state index is -1.36. The minimum Gasteiger partial charge on any atom is -0.352 e. The summed E-state index contributed by atoms with van der Waals surface area (Å²) in [6.45, 7) is 16.1. The monoisotopic (exact) mass is 776 g/mol. The fourth-order valence-corrected chi connectivity index (χ4v) is 7.97. The van der Waals surface area contributed by atoms with Gasteiger partial charge in [-0.15, -0.1) is 0 Å². The minimum absolute atomic E-state index is 0.138. The highest BCUT2D eigenvalue weighted by Crippen LogP contribution is 2.46. The molecule has 4 aromatic rings. The molecule has 294 valence electrons. The lowest BCUT2D eigenvalue weighted by Gasteiger charge is -2.36. The summed E-state index contributed by atoms with van der Waals surface area (Å²) in [6.07, 6.45) is 6.86. The van der Waals surface area contributed by atoms with Crippen LogP contribution in [0.5, 0.6) is 0 Å². The highest BCUT2D eigenvalue weighted by molar-refractivity contribution is 7.44. The Labute approximate surface area is 332 Å². The van der Waals surface area contributed by atoms with Gasteiger partial charge in [-0.3, -0.25) is 9.36 Å². The SMILES string of the molecule is C=C/C=C(\C=C)C(=O)Nc1ccn([C@H]2CC[C@@H](COP(OCCC#N)N(C(C)C)C(C)C)O2)c(=O)n1.NC(c1ccccc1)(c1ccccc1)c1ccccc1. The van der Waals surface area contributed by atoms with Gasteiger partial charge < -0.3 is 24.8 Å². The first-order chi connectivity index (χ1) is 27.0. The van der Waals surface area contributed by atoms with Crippen molar-refractivity contribution in [3.63, 3.8) is 0 Å². The number of hydrogen-bond acceptors (Lipinski definition) is 9. The van der Waals surface area contributed by atoms with Crippen molar-refractivity contribution >= 4 is 20.3 Å². The van der Waals surface area contributed by atoms with E-state index in [2.05, 4.69) is 98.3 Å². The lowest BCUT2D eigenvalue weighted by molar-refractivity contribution is -0.112. The van der Waals surface area contributed by atoms with Crippen molar-refractivity contribution in [3.05, 3.63) is 167 Å². The number of hydrogen-bond donors (Lipinski definition) is 2. The Bertz CT molecular complexity index is 1880. The molecule has 5 rings (SSSR count). The Morgan fingerprint density at radius 3 is 2.00 bits per heavy atom. The second-order valence-corrected chi connectivity index (χ2v) is 15.0. The third-order valence-corrected chi connectivity index (χ3v) is 11.0. The number of nitriles is 1. The number of nitrogens with zero attached hydrogens (tertiary/aromatic N) is 4. The van der Waals surface area contributed by atoms with E-state index in [4.69, 9.17) is 24.8 Å². The number of ether oxygens (including phenoxy) is 1. The smallest absolute Gasteiger partial charge is 0.351 e. The zero-order valence-electron chi connectivity index (χ0n) is 32.7. The van der Waals surface area contributed by atoms with Crippen LogP contribution in [0, 0.1) is 11.3 Å². The van der Waals surface area contributed by atoms with Gasteiger partial charge in [-0.1, -0.05) is 122 Å². The molecule has 56 heavy (non-hydrogen) atoms. The first-order valence-corrected chi connectivity index (χ1v) is 19.8. The molecule has 0 saturated carbocycles. The number of carbonyl (C=O) groups is 1. The molecule has 3 aromatic carbocycles. The van der Waals surface area contributed by atoms with E-state index >= 15 is 0 Å². The predicted octanol–water partition coefficient (Wildman–Crippen LogP) is 8.39. The topological polar surface area (TPSA) is 145 Å². The molecule has 3 atom stereocenters. The van der Waals surface area contributed by atoms with E-state index in [-0.39, 0.29) is 24.0 Å². The summed E-state index contributed by atoms with van der Waals surface area (Å²) >= 11 is 0. The van der Waals surface area contributed by atoms with Crippen LogP contribution >= 0.6 is 8.53 Å². The maximum absolute atomic E-state index is 12.6. The molecule has 12 heteroatoms. The van der Waals surface area contributed by atoms with Gasteiger partial charge in [0.1, 0.15) is 12.0 Å². The number of anilines is 1.